The minimum Gasteiger partial charge on any atom is -0.495 e. The van der Waals surface area contributed by atoms with Gasteiger partial charge < -0.3 is 15.4 Å². The fraction of sp³-hybridized carbons (Fsp3) is 0.381. The summed E-state index contributed by atoms with van der Waals surface area (Å²) in [5, 5.41) is 6.63. The second kappa shape index (κ2) is 9.11. The maximum atomic E-state index is 13.0. The summed E-state index contributed by atoms with van der Waals surface area (Å²) in [6, 6.07) is 10.8. The summed E-state index contributed by atoms with van der Waals surface area (Å²) < 4.78 is 33.0. The molecule has 156 valence electrons. The van der Waals surface area contributed by atoms with Gasteiger partial charge in [-0.25, -0.2) is 8.42 Å². The molecule has 0 radical (unpaired) electrons. The molecule has 1 aliphatic heterocycles. The van der Waals surface area contributed by atoms with Gasteiger partial charge in [0.1, 0.15) is 5.75 Å². The number of aryl methyl sites for hydroxylation is 1. The average Bonchev–Trinajstić information content (AvgIpc) is 2.72. The van der Waals surface area contributed by atoms with E-state index in [1.807, 2.05) is 32.0 Å². The highest BCUT2D eigenvalue weighted by atomic mass is 32.2. The van der Waals surface area contributed by atoms with Crippen molar-refractivity contribution >= 4 is 38.7 Å². The number of anilines is 2. The van der Waals surface area contributed by atoms with E-state index in [1.165, 1.54) is 0 Å². The molecule has 0 saturated carbocycles. The zero-order chi connectivity index (χ0) is 21.0. The lowest BCUT2D eigenvalue weighted by molar-refractivity contribution is 0.346. The Morgan fingerprint density at radius 2 is 1.72 bits per heavy atom. The van der Waals surface area contributed by atoms with E-state index in [0.29, 0.717) is 29.6 Å². The molecule has 0 unspecified atom stereocenters. The Balaban J connectivity index is 1.83. The van der Waals surface area contributed by atoms with Crippen molar-refractivity contribution in [3.63, 3.8) is 0 Å². The summed E-state index contributed by atoms with van der Waals surface area (Å²) in [5.74, 6) is 0.521. The van der Waals surface area contributed by atoms with Crippen LogP contribution >= 0.6 is 12.2 Å². The quantitative estimate of drug-likeness (QED) is 0.686. The number of rotatable bonds is 5. The normalized spacial score (nSPS) is 15.0. The Morgan fingerprint density at radius 3 is 2.41 bits per heavy atom. The Morgan fingerprint density at radius 1 is 1.03 bits per heavy atom. The molecule has 0 bridgehead atoms. The maximum Gasteiger partial charge on any atom is 0.243 e. The number of ether oxygens (including phenoxy) is 1. The fourth-order valence-electron chi connectivity index (χ4n) is 3.36. The molecule has 8 heteroatoms. The van der Waals surface area contributed by atoms with Crippen molar-refractivity contribution in [2.45, 2.75) is 38.0 Å². The van der Waals surface area contributed by atoms with Crippen LogP contribution in [0.15, 0.2) is 41.3 Å². The molecule has 2 aromatic carbocycles. The van der Waals surface area contributed by atoms with Crippen molar-refractivity contribution in [2.24, 2.45) is 0 Å². The summed E-state index contributed by atoms with van der Waals surface area (Å²) in [6.45, 7) is 5.18. The first-order chi connectivity index (χ1) is 13.8. The van der Waals surface area contributed by atoms with Crippen LogP contribution in [0.4, 0.5) is 11.4 Å². The number of piperidine rings is 1. The van der Waals surface area contributed by atoms with Crippen LogP contribution in [0.25, 0.3) is 0 Å². The maximum absolute atomic E-state index is 13.0. The zero-order valence-corrected chi connectivity index (χ0v) is 18.6. The van der Waals surface area contributed by atoms with Crippen molar-refractivity contribution in [1.82, 2.24) is 4.31 Å². The molecule has 1 saturated heterocycles. The minimum atomic E-state index is -3.54. The first-order valence-corrected chi connectivity index (χ1v) is 11.5. The zero-order valence-electron chi connectivity index (χ0n) is 17.0. The Labute approximate surface area is 178 Å². The lowest BCUT2D eigenvalue weighted by Gasteiger charge is -2.26. The number of hydrogen-bond acceptors (Lipinski definition) is 4. The predicted octanol–water partition coefficient (Wildman–Crippen LogP) is 4.30. The van der Waals surface area contributed by atoms with E-state index in [9.17, 15) is 8.42 Å². The van der Waals surface area contributed by atoms with Crippen LogP contribution < -0.4 is 15.4 Å². The summed E-state index contributed by atoms with van der Waals surface area (Å²) >= 11 is 5.45. The molecule has 2 aromatic rings. The highest BCUT2D eigenvalue weighted by Crippen LogP contribution is 2.30. The summed E-state index contributed by atoms with van der Waals surface area (Å²) in [6.07, 6.45) is 2.86. The number of benzene rings is 2. The van der Waals surface area contributed by atoms with Crippen molar-refractivity contribution < 1.29 is 13.2 Å². The van der Waals surface area contributed by atoms with Gasteiger partial charge in [-0.05, 0) is 74.3 Å². The van der Waals surface area contributed by atoms with Gasteiger partial charge in [-0.2, -0.15) is 4.31 Å². The molecule has 29 heavy (non-hydrogen) atoms. The largest absolute Gasteiger partial charge is 0.495 e. The summed E-state index contributed by atoms with van der Waals surface area (Å²) in [7, 11) is -2.00. The minimum absolute atomic E-state index is 0.234. The second-order valence-electron chi connectivity index (χ2n) is 7.15. The van der Waals surface area contributed by atoms with Crippen molar-refractivity contribution in [2.75, 3.05) is 30.8 Å². The lowest BCUT2D eigenvalue weighted by atomic mass is 10.1. The number of thiocarbonyl (C=S) groups is 1. The SMILES string of the molecule is COc1ccc(S(=O)(=O)N2CCCCC2)cc1NC(=S)Nc1cccc(C)c1C. The Kier molecular flexibility index (Phi) is 6.77. The highest BCUT2D eigenvalue weighted by Gasteiger charge is 2.26. The summed E-state index contributed by atoms with van der Waals surface area (Å²) in [4.78, 5) is 0.234. The van der Waals surface area contributed by atoms with Gasteiger partial charge >= 0.3 is 0 Å². The molecule has 1 fully saturated rings. The molecule has 2 N–H and O–H groups in total. The predicted molar refractivity (Wildman–Crippen MR) is 121 cm³/mol. The van der Waals surface area contributed by atoms with Gasteiger partial charge in [-0.15, -0.1) is 0 Å². The fourth-order valence-corrected chi connectivity index (χ4v) is 5.13. The van der Waals surface area contributed by atoms with Gasteiger partial charge in [0.25, 0.3) is 0 Å². The monoisotopic (exact) mass is 433 g/mol. The molecule has 0 aromatic heterocycles. The van der Waals surface area contributed by atoms with Crippen LogP contribution in [-0.2, 0) is 10.0 Å². The molecule has 3 rings (SSSR count). The molecule has 0 atom stereocenters. The lowest BCUT2D eigenvalue weighted by Crippen LogP contribution is -2.35. The second-order valence-corrected chi connectivity index (χ2v) is 9.50. The van der Waals surface area contributed by atoms with Gasteiger partial charge in [0.2, 0.25) is 10.0 Å². The number of nitrogens with zero attached hydrogens (tertiary/aromatic N) is 1. The molecule has 0 amide bonds. The van der Waals surface area contributed by atoms with Crippen LogP contribution in [0.3, 0.4) is 0 Å². The van der Waals surface area contributed by atoms with E-state index in [-0.39, 0.29) is 4.90 Å². The van der Waals surface area contributed by atoms with Crippen molar-refractivity contribution in [1.29, 1.82) is 0 Å². The van der Waals surface area contributed by atoms with Crippen LogP contribution in [0.5, 0.6) is 5.75 Å². The van der Waals surface area contributed by atoms with E-state index < -0.39 is 10.0 Å². The first-order valence-electron chi connectivity index (χ1n) is 9.65. The molecule has 1 aliphatic rings. The van der Waals surface area contributed by atoms with E-state index in [2.05, 4.69) is 10.6 Å². The van der Waals surface area contributed by atoms with E-state index in [0.717, 1.165) is 36.1 Å². The molecule has 1 heterocycles. The highest BCUT2D eigenvalue weighted by molar-refractivity contribution is 7.89. The van der Waals surface area contributed by atoms with E-state index >= 15 is 0 Å². The third-order valence-electron chi connectivity index (χ3n) is 5.22. The van der Waals surface area contributed by atoms with Gasteiger partial charge in [0.05, 0.1) is 17.7 Å². The van der Waals surface area contributed by atoms with Crippen molar-refractivity contribution in [3.05, 3.63) is 47.5 Å². The van der Waals surface area contributed by atoms with Gasteiger partial charge in [-0.3, -0.25) is 0 Å². The number of methoxy groups -OCH3 is 1. The molecular weight excluding hydrogens is 406 g/mol. The third kappa shape index (κ3) is 4.88. The molecule has 0 aliphatic carbocycles. The van der Waals surface area contributed by atoms with E-state index in [1.54, 1.807) is 29.6 Å². The Bertz CT molecular complexity index is 1000. The number of hydrogen-bond donors (Lipinski definition) is 2. The topological polar surface area (TPSA) is 70.7 Å². The van der Waals surface area contributed by atoms with Gasteiger partial charge in [0.15, 0.2) is 5.11 Å². The van der Waals surface area contributed by atoms with E-state index in [4.69, 9.17) is 17.0 Å². The number of sulfonamides is 1. The van der Waals surface area contributed by atoms with Gasteiger partial charge in [-0.1, -0.05) is 18.6 Å². The van der Waals surface area contributed by atoms with Gasteiger partial charge in [0, 0.05) is 18.8 Å². The van der Waals surface area contributed by atoms with Crippen LogP contribution in [0, 0.1) is 13.8 Å². The first kappa shape index (κ1) is 21.5. The Hall–Kier alpha value is -2.16. The molecule has 6 nitrogen and oxygen atoms in total. The average molecular weight is 434 g/mol. The molecular formula is C21H27N3O3S2. The smallest absolute Gasteiger partial charge is 0.243 e. The summed E-state index contributed by atoms with van der Waals surface area (Å²) in [5.41, 5.74) is 3.67. The third-order valence-corrected chi connectivity index (χ3v) is 7.32. The van der Waals surface area contributed by atoms with Crippen LogP contribution in [-0.4, -0.2) is 38.0 Å². The van der Waals surface area contributed by atoms with Crippen molar-refractivity contribution in [3.8, 4) is 5.75 Å². The standard InChI is InChI=1S/C21H27N3O3S2/c1-15-8-7-9-18(16(15)2)22-21(28)23-19-14-17(10-11-20(19)27-3)29(25,26)24-12-5-4-6-13-24/h7-11,14H,4-6,12-13H2,1-3H3,(H2,22,23,28). The van der Waals surface area contributed by atoms with Crippen LogP contribution in [0.1, 0.15) is 30.4 Å². The number of nitrogens with one attached hydrogen (secondary N) is 2. The molecule has 0 spiro atoms. The van der Waals surface area contributed by atoms with Crippen LogP contribution in [0.2, 0.25) is 0 Å².